The molecule has 1 N–H and O–H groups in total. The number of ether oxygens (including phenoxy) is 2. The number of methoxy groups -OCH3 is 2. The summed E-state index contributed by atoms with van der Waals surface area (Å²) >= 11 is 1.41. The SMILES string of the molecule is COc1ccc(S(=O)(=O)NC2CCSc3c(F)cccc32)cc1OC. The second-order valence-electron chi connectivity index (χ2n) is 5.49. The van der Waals surface area contributed by atoms with Gasteiger partial charge in [0.15, 0.2) is 11.5 Å². The Kier molecular flexibility index (Phi) is 5.21. The third-order valence-corrected chi connectivity index (χ3v) is 6.62. The zero-order valence-corrected chi connectivity index (χ0v) is 15.4. The van der Waals surface area contributed by atoms with Gasteiger partial charge in [-0.15, -0.1) is 11.8 Å². The highest BCUT2D eigenvalue weighted by Crippen LogP contribution is 2.38. The molecule has 0 aromatic heterocycles. The Balaban J connectivity index is 1.92. The number of fused-ring (bicyclic) bond motifs is 1. The highest BCUT2D eigenvalue weighted by atomic mass is 32.2. The monoisotopic (exact) mass is 383 g/mol. The van der Waals surface area contributed by atoms with Gasteiger partial charge in [-0.05, 0) is 35.9 Å². The molecule has 5 nitrogen and oxygen atoms in total. The summed E-state index contributed by atoms with van der Waals surface area (Å²) in [4.78, 5) is 0.579. The zero-order valence-electron chi connectivity index (χ0n) is 13.8. The molecular weight excluding hydrogens is 365 g/mol. The summed E-state index contributed by atoms with van der Waals surface area (Å²) in [6, 6.07) is 8.67. The molecule has 1 heterocycles. The van der Waals surface area contributed by atoms with Crippen LogP contribution in [-0.4, -0.2) is 28.4 Å². The van der Waals surface area contributed by atoms with Crippen molar-refractivity contribution in [3.05, 3.63) is 47.8 Å². The van der Waals surface area contributed by atoms with Crippen molar-refractivity contribution in [3.8, 4) is 11.5 Å². The summed E-state index contributed by atoms with van der Waals surface area (Å²) in [7, 11) is -0.865. The summed E-state index contributed by atoms with van der Waals surface area (Å²) in [5.74, 6) is 1.10. The summed E-state index contributed by atoms with van der Waals surface area (Å²) in [6.45, 7) is 0. The number of benzene rings is 2. The van der Waals surface area contributed by atoms with Gasteiger partial charge in [0.2, 0.25) is 10.0 Å². The predicted molar refractivity (Wildman–Crippen MR) is 94.3 cm³/mol. The van der Waals surface area contributed by atoms with Gasteiger partial charge in [0.05, 0.1) is 19.1 Å². The van der Waals surface area contributed by atoms with Crippen molar-refractivity contribution in [2.75, 3.05) is 20.0 Å². The van der Waals surface area contributed by atoms with E-state index in [-0.39, 0.29) is 10.7 Å². The molecule has 0 bridgehead atoms. The van der Waals surface area contributed by atoms with Crippen LogP contribution < -0.4 is 14.2 Å². The molecule has 3 rings (SSSR count). The summed E-state index contributed by atoms with van der Waals surface area (Å²) < 4.78 is 52.4. The van der Waals surface area contributed by atoms with Gasteiger partial charge < -0.3 is 9.47 Å². The fraction of sp³-hybridized carbons (Fsp3) is 0.294. The number of nitrogens with one attached hydrogen (secondary N) is 1. The van der Waals surface area contributed by atoms with E-state index in [0.717, 1.165) is 0 Å². The van der Waals surface area contributed by atoms with Crippen molar-refractivity contribution in [3.63, 3.8) is 0 Å². The molecule has 0 amide bonds. The Hall–Kier alpha value is -1.77. The quantitative estimate of drug-likeness (QED) is 0.858. The highest BCUT2D eigenvalue weighted by molar-refractivity contribution is 7.99. The molecule has 0 saturated carbocycles. The first-order chi connectivity index (χ1) is 12.0. The van der Waals surface area contributed by atoms with E-state index in [1.165, 1.54) is 50.2 Å². The molecule has 8 heteroatoms. The molecule has 1 atom stereocenters. The van der Waals surface area contributed by atoms with Crippen LogP contribution >= 0.6 is 11.8 Å². The average Bonchev–Trinajstić information content (AvgIpc) is 2.61. The van der Waals surface area contributed by atoms with E-state index in [1.54, 1.807) is 12.1 Å². The van der Waals surface area contributed by atoms with E-state index in [9.17, 15) is 12.8 Å². The first-order valence-corrected chi connectivity index (χ1v) is 10.1. The molecule has 0 radical (unpaired) electrons. The Morgan fingerprint density at radius 1 is 1.16 bits per heavy atom. The Morgan fingerprint density at radius 2 is 1.92 bits per heavy atom. The van der Waals surface area contributed by atoms with Crippen LogP contribution in [0, 0.1) is 5.82 Å². The minimum atomic E-state index is -3.79. The Labute approximate surface area is 150 Å². The maximum Gasteiger partial charge on any atom is 0.241 e. The lowest BCUT2D eigenvalue weighted by molar-refractivity contribution is 0.354. The minimum Gasteiger partial charge on any atom is -0.493 e. The molecule has 2 aromatic rings. The van der Waals surface area contributed by atoms with E-state index < -0.39 is 16.1 Å². The van der Waals surface area contributed by atoms with Crippen LogP contribution in [0.1, 0.15) is 18.0 Å². The molecule has 1 aliphatic heterocycles. The minimum absolute atomic E-state index is 0.0707. The summed E-state index contributed by atoms with van der Waals surface area (Å²) in [5.41, 5.74) is 0.667. The molecule has 0 saturated heterocycles. The summed E-state index contributed by atoms with van der Waals surface area (Å²) in [5, 5.41) is 0. The lowest BCUT2D eigenvalue weighted by atomic mass is 10.0. The fourth-order valence-corrected chi connectivity index (χ4v) is 5.15. The van der Waals surface area contributed by atoms with Gasteiger partial charge in [-0.2, -0.15) is 0 Å². The molecule has 1 unspecified atom stereocenters. The number of hydrogen-bond acceptors (Lipinski definition) is 5. The second-order valence-corrected chi connectivity index (χ2v) is 8.31. The van der Waals surface area contributed by atoms with Crippen LogP contribution in [0.2, 0.25) is 0 Å². The molecule has 1 aliphatic rings. The largest absolute Gasteiger partial charge is 0.493 e. The van der Waals surface area contributed by atoms with Crippen LogP contribution in [0.3, 0.4) is 0 Å². The van der Waals surface area contributed by atoms with E-state index >= 15 is 0 Å². The van der Waals surface area contributed by atoms with Gasteiger partial charge in [0.1, 0.15) is 5.82 Å². The van der Waals surface area contributed by atoms with Crippen molar-refractivity contribution in [1.29, 1.82) is 0 Å². The fourth-order valence-electron chi connectivity index (χ4n) is 2.75. The molecule has 2 aromatic carbocycles. The van der Waals surface area contributed by atoms with Crippen LogP contribution in [-0.2, 0) is 10.0 Å². The number of hydrogen-bond donors (Lipinski definition) is 1. The third-order valence-electron chi connectivity index (χ3n) is 3.99. The lowest BCUT2D eigenvalue weighted by Gasteiger charge is -2.26. The van der Waals surface area contributed by atoms with E-state index in [1.807, 2.05) is 0 Å². The van der Waals surface area contributed by atoms with Crippen LogP contribution in [0.25, 0.3) is 0 Å². The summed E-state index contributed by atoms with van der Waals surface area (Å²) in [6.07, 6.45) is 0.591. The first kappa shape index (κ1) is 18.0. The molecule has 0 fully saturated rings. The third kappa shape index (κ3) is 3.61. The number of rotatable bonds is 5. The number of sulfonamides is 1. The maximum absolute atomic E-state index is 14.0. The molecule has 134 valence electrons. The smallest absolute Gasteiger partial charge is 0.241 e. The van der Waals surface area contributed by atoms with Gasteiger partial charge in [-0.3, -0.25) is 0 Å². The van der Waals surface area contributed by atoms with Crippen LogP contribution in [0.15, 0.2) is 46.2 Å². The Bertz CT molecular complexity index is 886. The lowest BCUT2D eigenvalue weighted by Crippen LogP contribution is -2.31. The van der Waals surface area contributed by atoms with E-state index in [2.05, 4.69) is 4.72 Å². The number of thioether (sulfide) groups is 1. The first-order valence-electron chi connectivity index (χ1n) is 7.62. The van der Waals surface area contributed by atoms with Crippen molar-refractivity contribution in [2.45, 2.75) is 22.3 Å². The van der Waals surface area contributed by atoms with Crippen LogP contribution in [0.5, 0.6) is 11.5 Å². The Morgan fingerprint density at radius 3 is 2.64 bits per heavy atom. The zero-order chi connectivity index (χ0) is 18.0. The van der Waals surface area contributed by atoms with Gasteiger partial charge in [-0.25, -0.2) is 17.5 Å². The van der Waals surface area contributed by atoms with Gasteiger partial charge in [-0.1, -0.05) is 12.1 Å². The van der Waals surface area contributed by atoms with Gasteiger partial charge in [0, 0.05) is 17.0 Å². The van der Waals surface area contributed by atoms with Gasteiger partial charge in [0.25, 0.3) is 0 Å². The van der Waals surface area contributed by atoms with Crippen molar-refractivity contribution < 1.29 is 22.3 Å². The van der Waals surface area contributed by atoms with E-state index in [4.69, 9.17) is 9.47 Å². The average molecular weight is 383 g/mol. The normalized spacial score (nSPS) is 17.0. The molecular formula is C17H18FNO4S2. The predicted octanol–water partition coefficient (Wildman–Crippen LogP) is 3.36. The van der Waals surface area contributed by atoms with Crippen molar-refractivity contribution in [1.82, 2.24) is 4.72 Å². The molecule has 0 spiro atoms. The maximum atomic E-state index is 14.0. The number of halogens is 1. The topological polar surface area (TPSA) is 64.6 Å². The standard InChI is InChI=1S/C17H18FNO4S2/c1-22-15-7-6-11(10-16(15)23-2)25(20,21)19-14-8-9-24-17-12(14)4-3-5-13(17)18/h3-7,10,14,19H,8-9H2,1-2H3. The van der Waals surface area contributed by atoms with Gasteiger partial charge >= 0.3 is 0 Å². The van der Waals surface area contributed by atoms with Crippen LogP contribution in [0.4, 0.5) is 4.39 Å². The molecule has 0 aliphatic carbocycles. The second kappa shape index (κ2) is 7.23. The highest BCUT2D eigenvalue weighted by Gasteiger charge is 2.28. The molecule has 25 heavy (non-hydrogen) atoms. The van der Waals surface area contributed by atoms with Crippen molar-refractivity contribution >= 4 is 21.8 Å². The van der Waals surface area contributed by atoms with Crippen molar-refractivity contribution in [2.24, 2.45) is 0 Å². The van der Waals surface area contributed by atoms with E-state index in [0.29, 0.717) is 34.1 Å².